The maximum absolute atomic E-state index is 13.5. The Kier molecular flexibility index (Phi) is 16.8. The Balaban J connectivity index is 3.16. The van der Waals surface area contributed by atoms with Crippen molar-refractivity contribution >= 4 is 5.78 Å². The first-order chi connectivity index (χ1) is 17.4. The molecule has 1 aliphatic heterocycles. The van der Waals surface area contributed by atoms with E-state index in [2.05, 4.69) is 74.6 Å². The van der Waals surface area contributed by atoms with E-state index in [4.69, 9.17) is 4.74 Å². The number of carbonyl (C=O) groups excluding carboxylic acids is 1. The van der Waals surface area contributed by atoms with Gasteiger partial charge in [-0.1, -0.05) is 101 Å². The molecule has 10 atom stereocenters. The summed E-state index contributed by atoms with van der Waals surface area (Å²) < 4.78 is 6.49. The van der Waals surface area contributed by atoms with Gasteiger partial charge in [-0.15, -0.1) is 0 Å². The average Bonchev–Trinajstić information content (AvgIpc) is 2.85. The van der Waals surface area contributed by atoms with Crippen LogP contribution in [-0.2, 0) is 9.53 Å². The van der Waals surface area contributed by atoms with Crippen LogP contribution in [0.5, 0.6) is 0 Å². The molecule has 0 amide bonds. The van der Waals surface area contributed by atoms with Crippen molar-refractivity contribution < 1.29 is 14.6 Å². The zero-order valence-electron chi connectivity index (χ0n) is 26.4. The van der Waals surface area contributed by atoms with Crippen molar-refractivity contribution in [2.45, 2.75) is 164 Å². The van der Waals surface area contributed by atoms with E-state index in [0.717, 1.165) is 44.9 Å². The van der Waals surface area contributed by atoms with Gasteiger partial charge in [-0.2, -0.15) is 0 Å². The van der Waals surface area contributed by atoms with Crippen LogP contribution in [0.3, 0.4) is 0 Å². The molecule has 2 N–H and O–H groups in total. The van der Waals surface area contributed by atoms with E-state index in [1.54, 1.807) is 0 Å². The van der Waals surface area contributed by atoms with Gasteiger partial charge < -0.3 is 15.2 Å². The lowest BCUT2D eigenvalue weighted by molar-refractivity contribution is -0.163. The molecule has 1 aliphatic rings. The monoisotopic (exact) mass is 523 g/mol. The van der Waals surface area contributed by atoms with Gasteiger partial charge in [0.1, 0.15) is 5.78 Å². The highest BCUT2D eigenvalue weighted by atomic mass is 16.6. The molecule has 37 heavy (non-hydrogen) atoms. The second-order valence-corrected chi connectivity index (χ2v) is 13.2. The number of aliphatic hydroxyl groups is 1. The van der Waals surface area contributed by atoms with Crippen LogP contribution >= 0.6 is 0 Å². The Morgan fingerprint density at radius 3 is 2.19 bits per heavy atom. The molecule has 0 radical (unpaired) electrons. The Labute approximate surface area is 231 Å². The fraction of sp³-hybridized carbons (Fsp3) is 0.970. The van der Waals surface area contributed by atoms with Gasteiger partial charge >= 0.3 is 0 Å². The smallest absolute Gasteiger partial charge is 0.154 e. The van der Waals surface area contributed by atoms with Gasteiger partial charge in [0.05, 0.1) is 6.10 Å². The first-order valence-corrected chi connectivity index (χ1v) is 16.1. The summed E-state index contributed by atoms with van der Waals surface area (Å²) in [6, 6.07) is 0.926. The summed E-state index contributed by atoms with van der Waals surface area (Å²) in [6.07, 6.45) is 10.4. The Bertz CT molecular complexity index is 608. The molecule has 1 rings (SSSR count). The van der Waals surface area contributed by atoms with Crippen LogP contribution < -0.4 is 5.32 Å². The van der Waals surface area contributed by atoms with Crippen molar-refractivity contribution in [3.05, 3.63) is 0 Å². The molecule has 0 aromatic carbocycles. The molecule has 0 spiro atoms. The maximum atomic E-state index is 13.5. The second kappa shape index (κ2) is 18.0. The molecular formula is C33H65NO3. The summed E-state index contributed by atoms with van der Waals surface area (Å²) in [5, 5.41) is 14.8. The minimum Gasteiger partial charge on any atom is -0.368 e. The molecule has 0 aromatic heterocycles. The number of Topliss-reactive ketones (excluding diaryl/α,β-unsaturated/α-hetero) is 1. The van der Waals surface area contributed by atoms with E-state index >= 15 is 0 Å². The Morgan fingerprint density at radius 2 is 1.62 bits per heavy atom. The normalized spacial score (nSPS) is 35.4. The average molecular weight is 524 g/mol. The molecule has 1 saturated heterocycles. The summed E-state index contributed by atoms with van der Waals surface area (Å²) in [5.74, 6) is 3.06. The Hall–Kier alpha value is -0.450. The van der Waals surface area contributed by atoms with Crippen LogP contribution in [0.15, 0.2) is 0 Å². The van der Waals surface area contributed by atoms with E-state index < -0.39 is 6.29 Å². The van der Waals surface area contributed by atoms with E-state index in [-0.39, 0.29) is 17.9 Å². The summed E-state index contributed by atoms with van der Waals surface area (Å²) in [4.78, 5) is 13.5. The molecule has 0 aliphatic carbocycles. The number of rotatable bonds is 9. The predicted molar refractivity (Wildman–Crippen MR) is 159 cm³/mol. The molecule has 0 saturated carbocycles. The molecule has 220 valence electrons. The number of ether oxygens (including phenoxy) is 1. The second-order valence-electron chi connectivity index (χ2n) is 13.2. The molecular weight excluding hydrogens is 458 g/mol. The van der Waals surface area contributed by atoms with E-state index in [0.29, 0.717) is 53.9 Å². The first-order valence-electron chi connectivity index (χ1n) is 16.1. The van der Waals surface area contributed by atoms with Crippen LogP contribution in [-0.4, -0.2) is 35.4 Å². The predicted octanol–water partition coefficient (Wildman–Crippen LogP) is 8.40. The lowest BCUT2D eigenvalue weighted by Gasteiger charge is -2.35. The highest BCUT2D eigenvalue weighted by Gasteiger charge is 2.32. The number of hydrogen-bond acceptors (Lipinski definition) is 4. The van der Waals surface area contributed by atoms with Crippen LogP contribution in [0.1, 0.15) is 140 Å². The molecule has 4 nitrogen and oxygen atoms in total. The number of hydrogen-bond donors (Lipinski definition) is 2. The van der Waals surface area contributed by atoms with Gasteiger partial charge in [0.2, 0.25) is 0 Å². The van der Waals surface area contributed by atoms with Crippen molar-refractivity contribution in [2.75, 3.05) is 0 Å². The summed E-state index contributed by atoms with van der Waals surface area (Å²) in [5.41, 5.74) is 0. The van der Waals surface area contributed by atoms with Crippen LogP contribution in [0.2, 0.25) is 0 Å². The molecule has 0 bridgehead atoms. The summed E-state index contributed by atoms with van der Waals surface area (Å²) in [6.45, 7) is 22.7. The van der Waals surface area contributed by atoms with Crippen molar-refractivity contribution in [3.8, 4) is 0 Å². The van der Waals surface area contributed by atoms with Gasteiger partial charge in [-0.25, -0.2) is 0 Å². The molecule has 1 fully saturated rings. The number of carbonyl (C=O) groups is 1. The molecule has 4 heteroatoms. The van der Waals surface area contributed by atoms with Gasteiger partial charge in [0.25, 0.3) is 0 Å². The van der Waals surface area contributed by atoms with Gasteiger partial charge in [-0.05, 0) is 68.1 Å². The third-order valence-corrected chi connectivity index (χ3v) is 9.80. The minimum atomic E-state index is -0.801. The van der Waals surface area contributed by atoms with Crippen LogP contribution in [0.25, 0.3) is 0 Å². The number of aliphatic hydroxyl groups excluding tert-OH is 1. The quantitative estimate of drug-likeness (QED) is 0.318. The zero-order chi connectivity index (χ0) is 28.1. The number of ketones is 1. The fourth-order valence-corrected chi connectivity index (χ4v) is 6.72. The molecule has 1 heterocycles. The van der Waals surface area contributed by atoms with E-state index in [9.17, 15) is 9.90 Å². The van der Waals surface area contributed by atoms with E-state index in [1.807, 2.05) is 0 Å². The number of nitrogens with one attached hydrogen (secondary N) is 1. The van der Waals surface area contributed by atoms with Crippen LogP contribution in [0, 0.1) is 41.4 Å². The standard InChI is InChI=1S/C33H65NO3/c1-11-15-29-18-19-32(35)37-31(25(8)20-30(13-3)34-22(4)5)21-28(12-2)24(7)17-14-16-23(6)26(9)27(10)33(29)36/h22-32,34-35H,11-21H2,1-10H3/t23-,24?,25+,26+,27+,28?,29?,30-,31?,32-/m1/s1. The fourth-order valence-electron chi connectivity index (χ4n) is 6.72. The molecule has 0 aromatic rings. The van der Waals surface area contributed by atoms with Crippen molar-refractivity contribution in [2.24, 2.45) is 41.4 Å². The van der Waals surface area contributed by atoms with Gasteiger partial charge in [0, 0.05) is 23.9 Å². The zero-order valence-corrected chi connectivity index (χ0v) is 26.4. The van der Waals surface area contributed by atoms with Crippen LogP contribution in [0.4, 0.5) is 0 Å². The summed E-state index contributed by atoms with van der Waals surface area (Å²) in [7, 11) is 0. The van der Waals surface area contributed by atoms with Gasteiger partial charge in [-0.3, -0.25) is 4.79 Å². The lowest BCUT2D eigenvalue weighted by atomic mass is 9.75. The summed E-state index contributed by atoms with van der Waals surface area (Å²) >= 11 is 0. The first kappa shape index (κ1) is 34.6. The van der Waals surface area contributed by atoms with Gasteiger partial charge in [0.15, 0.2) is 6.29 Å². The van der Waals surface area contributed by atoms with Crippen molar-refractivity contribution in [1.29, 1.82) is 0 Å². The van der Waals surface area contributed by atoms with Crippen molar-refractivity contribution in [3.63, 3.8) is 0 Å². The minimum absolute atomic E-state index is 0.0276. The highest BCUT2D eigenvalue weighted by Crippen LogP contribution is 2.35. The third-order valence-electron chi connectivity index (χ3n) is 9.80. The van der Waals surface area contributed by atoms with E-state index in [1.165, 1.54) is 19.3 Å². The van der Waals surface area contributed by atoms with Crippen molar-refractivity contribution in [1.82, 2.24) is 5.32 Å². The SMILES string of the molecule is CCCC1CC[C@H](O)OC([C@@H](C)C[C@@H](CC)NC(C)C)CC(CC)C(C)CCC[C@@H](C)[C@H](C)[C@H](C)C1=O. The topological polar surface area (TPSA) is 58.6 Å². The highest BCUT2D eigenvalue weighted by molar-refractivity contribution is 5.83. The largest absolute Gasteiger partial charge is 0.368 e. The Morgan fingerprint density at radius 1 is 0.973 bits per heavy atom. The lowest BCUT2D eigenvalue weighted by Crippen LogP contribution is -2.39. The third kappa shape index (κ3) is 12.1. The molecule has 4 unspecified atom stereocenters. The maximum Gasteiger partial charge on any atom is 0.154 e.